The van der Waals surface area contributed by atoms with E-state index in [1.54, 1.807) is 12.4 Å². The quantitative estimate of drug-likeness (QED) is 0.180. The van der Waals surface area contributed by atoms with Gasteiger partial charge in [0.15, 0.2) is 0 Å². The molecule has 5 aromatic rings. The van der Waals surface area contributed by atoms with Gasteiger partial charge in [-0.3, -0.25) is 9.98 Å². The van der Waals surface area contributed by atoms with Gasteiger partial charge in [-0.15, -0.1) is 0 Å². The molecule has 32 heavy (non-hydrogen) atoms. The Bertz CT molecular complexity index is 1280. The Labute approximate surface area is 201 Å². The molecular formula is C26H18Cl2FeN2O. The van der Waals surface area contributed by atoms with Gasteiger partial charge in [0, 0.05) is 10.8 Å². The van der Waals surface area contributed by atoms with Gasteiger partial charge in [0.05, 0.1) is 23.8 Å². The van der Waals surface area contributed by atoms with E-state index in [4.69, 9.17) is 24.6 Å². The standard InChI is InChI=1S/C26H18N2O.2ClH.Fe/c1-3-11-23-19(7-1)9-5-13-25(23)27-17-21-15-16-22(29-21)18-28-26-14-6-10-20-8-2-4-12-24(20)26;;;/h1-18H;2*1H;/q;;;+2/p-2. The predicted octanol–water partition coefficient (Wildman–Crippen LogP) is 8.46. The van der Waals surface area contributed by atoms with Crippen molar-refractivity contribution in [2.75, 3.05) is 0 Å². The molecule has 0 aliphatic carbocycles. The molecule has 0 unspecified atom stereocenters. The zero-order valence-electron chi connectivity index (χ0n) is 16.8. The first kappa shape index (κ1) is 22.3. The molecule has 0 bridgehead atoms. The van der Waals surface area contributed by atoms with E-state index >= 15 is 0 Å². The summed E-state index contributed by atoms with van der Waals surface area (Å²) in [5.41, 5.74) is 1.84. The van der Waals surface area contributed by atoms with Gasteiger partial charge in [0.1, 0.15) is 11.5 Å². The van der Waals surface area contributed by atoms with Gasteiger partial charge >= 0.3 is 33.3 Å². The van der Waals surface area contributed by atoms with E-state index in [0.717, 1.165) is 22.1 Å². The first-order chi connectivity index (χ1) is 15.8. The van der Waals surface area contributed by atoms with Crippen molar-refractivity contribution >= 4 is 65.5 Å². The number of hydrogen-bond acceptors (Lipinski definition) is 3. The summed E-state index contributed by atoms with van der Waals surface area (Å²) in [5.74, 6) is 1.38. The van der Waals surface area contributed by atoms with E-state index in [0.29, 0.717) is 11.5 Å². The van der Waals surface area contributed by atoms with E-state index in [9.17, 15) is 0 Å². The van der Waals surface area contributed by atoms with E-state index < -0.39 is 0 Å². The summed E-state index contributed by atoms with van der Waals surface area (Å²) < 4.78 is 5.85. The van der Waals surface area contributed by atoms with Gasteiger partial charge in [-0.05, 0) is 35.0 Å². The summed E-state index contributed by atoms with van der Waals surface area (Å²) in [6.07, 6.45) is 3.49. The molecule has 0 spiro atoms. The molecule has 0 saturated carbocycles. The molecule has 5 rings (SSSR count). The van der Waals surface area contributed by atoms with Gasteiger partial charge in [-0.1, -0.05) is 72.8 Å². The van der Waals surface area contributed by atoms with Crippen molar-refractivity contribution in [3.63, 3.8) is 0 Å². The fraction of sp³-hybridized carbons (Fsp3) is 0. The monoisotopic (exact) mass is 500 g/mol. The van der Waals surface area contributed by atoms with Crippen LogP contribution in [-0.4, -0.2) is 12.4 Å². The van der Waals surface area contributed by atoms with Gasteiger partial charge in [0.25, 0.3) is 0 Å². The van der Waals surface area contributed by atoms with Crippen LogP contribution in [-0.2, 0) is 13.1 Å². The SMILES string of the molecule is C(=Nc1cccc2ccccc12)c1ccc(C=Nc2cccc3ccccc23)o1.[Cl][Fe][Cl]. The Morgan fingerprint density at radius 3 is 1.44 bits per heavy atom. The summed E-state index contributed by atoms with van der Waals surface area (Å²) in [7, 11) is 9.53. The fourth-order valence-corrected chi connectivity index (χ4v) is 3.42. The van der Waals surface area contributed by atoms with Crippen LogP contribution in [0.5, 0.6) is 0 Å². The third-order valence-corrected chi connectivity index (χ3v) is 4.84. The second-order valence-corrected chi connectivity index (χ2v) is 8.63. The van der Waals surface area contributed by atoms with E-state index in [-0.39, 0.29) is 13.1 Å². The van der Waals surface area contributed by atoms with Crippen LogP contribution in [0.15, 0.2) is 111 Å². The number of rotatable bonds is 4. The van der Waals surface area contributed by atoms with Gasteiger partial charge in [-0.25, -0.2) is 0 Å². The normalized spacial score (nSPS) is 11.4. The Hall–Kier alpha value is -2.88. The molecular weight excluding hydrogens is 483 g/mol. The van der Waals surface area contributed by atoms with Gasteiger partial charge < -0.3 is 4.42 Å². The minimum atomic E-state index is 0.194. The molecule has 0 aliphatic rings. The van der Waals surface area contributed by atoms with Crippen LogP contribution < -0.4 is 0 Å². The van der Waals surface area contributed by atoms with Crippen LogP contribution in [0.3, 0.4) is 0 Å². The van der Waals surface area contributed by atoms with Crippen molar-refractivity contribution in [2.24, 2.45) is 9.98 Å². The molecule has 4 aromatic carbocycles. The van der Waals surface area contributed by atoms with Crippen LogP contribution in [0.2, 0.25) is 0 Å². The maximum absolute atomic E-state index is 5.85. The van der Waals surface area contributed by atoms with Crippen LogP contribution >= 0.6 is 20.2 Å². The Morgan fingerprint density at radius 2 is 0.969 bits per heavy atom. The number of furan rings is 1. The molecule has 0 atom stereocenters. The molecule has 0 aliphatic heterocycles. The number of aliphatic imine (C=N–C) groups is 2. The number of nitrogens with zero attached hydrogens (tertiary/aromatic N) is 2. The molecule has 6 heteroatoms. The summed E-state index contributed by atoms with van der Waals surface area (Å²) in [4.78, 5) is 9.23. The number of fused-ring (bicyclic) bond motifs is 2. The molecule has 3 nitrogen and oxygen atoms in total. The van der Waals surface area contributed by atoms with E-state index in [1.807, 2.05) is 60.7 Å². The summed E-state index contributed by atoms with van der Waals surface area (Å²) >= 11 is 0.194. The second kappa shape index (κ2) is 11.1. The molecule has 0 saturated heterocycles. The Balaban J connectivity index is 0.000000775. The molecule has 1 heterocycles. The van der Waals surface area contributed by atoms with Gasteiger partial charge in [-0.2, -0.15) is 0 Å². The number of benzene rings is 4. The van der Waals surface area contributed by atoms with Crippen molar-refractivity contribution in [3.8, 4) is 0 Å². The van der Waals surface area contributed by atoms with Crippen molar-refractivity contribution in [2.45, 2.75) is 0 Å². The molecule has 160 valence electrons. The van der Waals surface area contributed by atoms with Crippen molar-refractivity contribution in [3.05, 3.63) is 109 Å². The van der Waals surface area contributed by atoms with E-state index in [2.05, 4.69) is 46.4 Å². The van der Waals surface area contributed by atoms with Gasteiger partial charge in [0.2, 0.25) is 0 Å². The first-order valence-corrected chi connectivity index (χ1v) is 12.8. The topological polar surface area (TPSA) is 37.9 Å². The third-order valence-electron chi connectivity index (χ3n) is 4.84. The number of halogens is 2. The zero-order valence-corrected chi connectivity index (χ0v) is 19.4. The second-order valence-electron chi connectivity index (χ2n) is 6.80. The Kier molecular flexibility index (Phi) is 7.76. The average Bonchev–Trinajstić information content (AvgIpc) is 3.30. The predicted molar refractivity (Wildman–Crippen MR) is 133 cm³/mol. The van der Waals surface area contributed by atoms with Crippen LogP contribution in [0.1, 0.15) is 11.5 Å². The summed E-state index contributed by atoms with van der Waals surface area (Å²) in [5, 5.41) is 4.58. The molecule has 0 amide bonds. The zero-order chi connectivity index (χ0) is 22.2. The first-order valence-electron chi connectivity index (χ1n) is 9.77. The molecule has 1 aromatic heterocycles. The molecule has 0 fully saturated rings. The number of hydrogen-bond donors (Lipinski definition) is 0. The van der Waals surface area contributed by atoms with Crippen molar-refractivity contribution in [1.82, 2.24) is 0 Å². The summed E-state index contributed by atoms with van der Waals surface area (Å²) in [6.45, 7) is 0. The van der Waals surface area contributed by atoms with Crippen LogP contribution in [0.4, 0.5) is 11.4 Å². The fourth-order valence-electron chi connectivity index (χ4n) is 3.42. The molecule has 0 N–H and O–H groups in total. The minimum absolute atomic E-state index is 0.194. The van der Waals surface area contributed by atoms with Crippen molar-refractivity contribution < 1.29 is 17.6 Å². The summed E-state index contributed by atoms with van der Waals surface area (Å²) in [6, 6.07) is 32.4. The van der Waals surface area contributed by atoms with Crippen LogP contribution in [0.25, 0.3) is 21.5 Å². The van der Waals surface area contributed by atoms with Crippen LogP contribution in [0, 0.1) is 0 Å². The average molecular weight is 501 g/mol. The molecule has 0 radical (unpaired) electrons. The third kappa shape index (κ3) is 5.48. The van der Waals surface area contributed by atoms with Crippen molar-refractivity contribution in [1.29, 1.82) is 0 Å². The van der Waals surface area contributed by atoms with E-state index in [1.165, 1.54) is 10.8 Å². The maximum atomic E-state index is 5.85. The Morgan fingerprint density at radius 1 is 0.562 bits per heavy atom.